The molecule has 1 aromatic carbocycles. The highest BCUT2D eigenvalue weighted by Gasteiger charge is 2.39. The molecule has 1 fully saturated rings. The van der Waals surface area contributed by atoms with E-state index in [0.717, 1.165) is 19.5 Å². The van der Waals surface area contributed by atoms with Crippen molar-refractivity contribution in [2.45, 2.75) is 32.3 Å². The van der Waals surface area contributed by atoms with Crippen LogP contribution in [-0.4, -0.2) is 49.3 Å². The molecular weight excluding hydrogens is 328 g/mol. The van der Waals surface area contributed by atoms with Crippen LogP contribution in [0.5, 0.6) is 5.75 Å². The second-order valence-corrected chi connectivity index (χ2v) is 7.11. The number of carbonyl (C=O) groups excluding carboxylic acids is 1. The van der Waals surface area contributed by atoms with Crippen LogP contribution in [0, 0.1) is 5.92 Å². The van der Waals surface area contributed by atoms with E-state index < -0.39 is 5.60 Å². The molecule has 0 aliphatic carbocycles. The predicted molar refractivity (Wildman–Crippen MR) is 95.3 cm³/mol. The summed E-state index contributed by atoms with van der Waals surface area (Å²) in [5.74, 6) is 0.882. The lowest BCUT2D eigenvalue weighted by atomic mass is 9.96. The maximum atomic E-state index is 11.6. The first kappa shape index (κ1) is 19.0. The minimum Gasteiger partial charge on any atom is -0.490 e. The Morgan fingerprint density at radius 1 is 1.54 bits per heavy atom. The van der Waals surface area contributed by atoms with Crippen molar-refractivity contribution >= 4 is 17.5 Å². The van der Waals surface area contributed by atoms with Crippen LogP contribution in [0.25, 0.3) is 0 Å². The summed E-state index contributed by atoms with van der Waals surface area (Å²) in [6.45, 7) is 7.74. The van der Waals surface area contributed by atoms with Crippen molar-refractivity contribution < 1.29 is 14.3 Å². The number of halogens is 1. The van der Waals surface area contributed by atoms with E-state index in [1.165, 1.54) is 0 Å². The fourth-order valence-corrected chi connectivity index (χ4v) is 3.16. The second-order valence-electron chi connectivity index (χ2n) is 6.67. The Morgan fingerprint density at radius 2 is 2.33 bits per heavy atom. The lowest BCUT2D eigenvalue weighted by Gasteiger charge is -2.42. The first-order valence-corrected chi connectivity index (χ1v) is 8.83. The van der Waals surface area contributed by atoms with E-state index in [0.29, 0.717) is 29.8 Å². The molecule has 5 nitrogen and oxygen atoms in total. The minimum atomic E-state index is -0.708. The number of morpholine rings is 1. The number of nitrogens with two attached hydrogens (primary N) is 1. The Balaban J connectivity index is 2.06. The Kier molecular flexibility index (Phi) is 6.90. The van der Waals surface area contributed by atoms with Gasteiger partial charge in [-0.05, 0) is 24.1 Å². The predicted octanol–water partition coefficient (Wildman–Crippen LogP) is 2.71. The molecule has 1 heterocycles. The molecule has 0 saturated carbocycles. The van der Waals surface area contributed by atoms with Gasteiger partial charge >= 0.3 is 0 Å². The number of rotatable bonds is 8. The summed E-state index contributed by atoms with van der Waals surface area (Å²) in [5.41, 5.74) is 4.75. The van der Waals surface area contributed by atoms with Crippen molar-refractivity contribution in [3.63, 3.8) is 0 Å². The molecule has 2 atom stereocenters. The zero-order chi connectivity index (χ0) is 17.6. The van der Waals surface area contributed by atoms with Crippen LogP contribution in [0.15, 0.2) is 24.3 Å². The van der Waals surface area contributed by atoms with Crippen LogP contribution in [0.2, 0.25) is 5.02 Å². The summed E-state index contributed by atoms with van der Waals surface area (Å²) in [7, 11) is 0. The lowest BCUT2D eigenvalue weighted by molar-refractivity contribution is -0.148. The molecule has 24 heavy (non-hydrogen) atoms. The van der Waals surface area contributed by atoms with Gasteiger partial charge in [-0.1, -0.05) is 37.9 Å². The van der Waals surface area contributed by atoms with Gasteiger partial charge in [0.15, 0.2) is 0 Å². The van der Waals surface area contributed by atoms with Gasteiger partial charge in [-0.3, -0.25) is 9.69 Å². The molecule has 0 spiro atoms. The monoisotopic (exact) mass is 354 g/mol. The minimum absolute atomic E-state index is 0.143. The van der Waals surface area contributed by atoms with Gasteiger partial charge in [-0.2, -0.15) is 0 Å². The van der Waals surface area contributed by atoms with Gasteiger partial charge in [0, 0.05) is 24.7 Å². The number of benzene rings is 1. The number of amides is 1. The second kappa shape index (κ2) is 8.70. The summed E-state index contributed by atoms with van der Waals surface area (Å²) >= 11 is 5.99. The Morgan fingerprint density at radius 3 is 3.00 bits per heavy atom. The normalized spacial score (nSPS) is 23.0. The Labute approximate surface area is 149 Å². The summed E-state index contributed by atoms with van der Waals surface area (Å²) in [5, 5.41) is 0.611. The third kappa shape index (κ3) is 5.65. The molecule has 1 amide bonds. The number of hydrogen-bond donors (Lipinski definition) is 1. The van der Waals surface area contributed by atoms with Crippen LogP contribution >= 0.6 is 11.6 Å². The van der Waals surface area contributed by atoms with Gasteiger partial charge in [-0.25, -0.2) is 0 Å². The average molecular weight is 355 g/mol. The SMILES string of the molecule is CC[C@@H](C)CN1CCO[C@@](COc2cccc(Cl)c2)(CC(N)=O)C1. The molecule has 1 aromatic rings. The molecule has 2 N–H and O–H groups in total. The van der Waals surface area contributed by atoms with E-state index in [4.69, 9.17) is 26.8 Å². The topological polar surface area (TPSA) is 64.8 Å². The van der Waals surface area contributed by atoms with Crippen molar-refractivity contribution in [1.82, 2.24) is 4.90 Å². The van der Waals surface area contributed by atoms with Crippen LogP contribution < -0.4 is 10.5 Å². The van der Waals surface area contributed by atoms with E-state index in [2.05, 4.69) is 18.7 Å². The maximum absolute atomic E-state index is 11.6. The fraction of sp³-hybridized carbons (Fsp3) is 0.611. The number of primary amides is 1. The van der Waals surface area contributed by atoms with Crippen molar-refractivity contribution in [2.24, 2.45) is 11.7 Å². The van der Waals surface area contributed by atoms with Gasteiger partial charge < -0.3 is 15.2 Å². The van der Waals surface area contributed by atoms with Crippen molar-refractivity contribution in [1.29, 1.82) is 0 Å². The highest BCUT2D eigenvalue weighted by atomic mass is 35.5. The molecule has 0 unspecified atom stereocenters. The molecule has 2 rings (SSSR count). The molecule has 1 aliphatic rings. The molecule has 1 aliphatic heterocycles. The number of hydrogen-bond acceptors (Lipinski definition) is 4. The van der Waals surface area contributed by atoms with Crippen LogP contribution in [0.3, 0.4) is 0 Å². The van der Waals surface area contributed by atoms with Gasteiger partial charge in [-0.15, -0.1) is 0 Å². The molecule has 0 bridgehead atoms. The molecule has 1 saturated heterocycles. The quantitative estimate of drug-likeness (QED) is 0.779. The first-order valence-electron chi connectivity index (χ1n) is 8.45. The molecule has 0 aromatic heterocycles. The number of carbonyl (C=O) groups is 1. The maximum Gasteiger partial charge on any atom is 0.220 e. The van der Waals surface area contributed by atoms with Crippen LogP contribution in [0.1, 0.15) is 26.7 Å². The van der Waals surface area contributed by atoms with E-state index in [1.54, 1.807) is 12.1 Å². The molecule has 6 heteroatoms. The molecule has 0 radical (unpaired) electrons. The van der Waals surface area contributed by atoms with Crippen molar-refractivity contribution in [3.05, 3.63) is 29.3 Å². The molecular formula is C18H27ClN2O3. The van der Waals surface area contributed by atoms with Gasteiger partial charge in [0.25, 0.3) is 0 Å². The Hall–Kier alpha value is -1.30. The fourth-order valence-electron chi connectivity index (χ4n) is 2.98. The largest absolute Gasteiger partial charge is 0.490 e. The van der Waals surface area contributed by atoms with E-state index in [-0.39, 0.29) is 18.9 Å². The lowest BCUT2D eigenvalue weighted by Crippen LogP contribution is -2.57. The Bertz CT molecular complexity index is 555. The van der Waals surface area contributed by atoms with Gasteiger partial charge in [0.05, 0.1) is 13.0 Å². The first-order chi connectivity index (χ1) is 11.4. The van der Waals surface area contributed by atoms with E-state index in [1.807, 2.05) is 12.1 Å². The zero-order valence-corrected chi connectivity index (χ0v) is 15.2. The van der Waals surface area contributed by atoms with Crippen molar-refractivity contribution in [2.75, 3.05) is 32.8 Å². The number of ether oxygens (including phenoxy) is 2. The third-order valence-corrected chi connectivity index (χ3v) is 4.62. The zero-order valence-electron chi connectivity index (χ0n) is 14.5. The summed E-state index contributed by atoms with van der Waals surface area (Å²) in [4.78, 5) is 13.9. The van der Waals surface area contributed by atoms with Crippen molar-refractivity contribution in [3.8, 4) is 5.75 Å². The van der Waals surface area contributed by atoms with E-state index in [9.17, 15) is 4.79 Å². The van der Waals surface area contributed by atoms with Gasteiger partial charge in [0.1, 0.15) is 18.0 Å². The molecule has 134 valence electrons. The highest BCUT2D eigenvalue weighted by Crippen LogP contribution is 2.26. The summed E-state index contributed by atoms with van der Waals surface area (Å²) in [6, 6.07) is 7.21. The number of nitrogens with zero attached hydrogens (tertiary/aromatic N) is 1. The van der Waals surface area contributed by atoms with Crippen LogP contribution in [0.4, 0.5) is 0 Å². The summed E-state index contributed by atoms with van der Waals surface area (Å²) in [6.07, 6.45) is 1.27. The van der Waals surface area contributed by atoms with Crippen LogP contribution in [-0.2, 0) is 9.53 Å². The third-order valence-electron chi connectivity index (χ3n) is 4.39. The smallest absolute Gasteiger partial charge is 0.220 e. The highest BCUT2D eigenvalue weighted by molar-refractivity contribution is 6.30. The standard InChI is InChI=1S/C18H27ClN2O3/c1-3-14(2)11-21-7-8-24-18(12-21,10-17(20)22)13-23-16-6-4-5-15(19)9-16/h4-6,9,14H,3,7-8,10-13H2,1-2H3,(H2,20,22)/t14-,18+/m1/s1. The average Bonchev–Trinajstić information content (AvgIpc) is 2.52. The van der Waals surface area contributed by atoms with Gasteiger partial charge in [0.2, 0.25) is 5.91 Å². The summed E-state index contributed by atoms with van der Waals surface area (Å²) < 4.78 is 11.8. The van der Waals surface area contributed by atoms with E-state index >= 15 is 0 Å².